The first kappa shape index (κ1) is 20.5. The molecule has 0 atom stereocenters. The van der Waals surface area contributed by atoms with Crippen molar-refractivity contribution in [3.05, 3.63) is 106 Å². The van der Waals surface area contributed by atoms with Gasteiger partial charge in [0, 0.05) is 35.1 Å². The second kappa shape index (κ2) is 9.29. The summed E-state index contributed by atoms with van der Waals surface area (Å²) in [5, 5.41) is 16.2. The lowest BCUT2D eigenvalue weighted by atomic mass is 10.1. The zero-order chi connectivity index (χ0) is 21.5. The van der Waals surface area contributed by atoms with E-state index in [0.29, 0.717) is 22.5 Å². The monoisotopic (exact) mass is 401 g/mol. The van der Waals surface area contributed by atoms with Crippen LogP contribution in [0.1, 0.15) is 21.5 Å². The molecule has 0 spiro atoms. The summed E-state index contributed by atoms with van der Waals surface area (Å²) in [5.74, 6) is -0.550. The fourth-order valence-corrected chi connectivity index (χ4v) is 2.69. The van der Waals surface area contributed by atoms with Gasteiger partial charge in [0.25, 0.3) is 11.6 Å². The molecule has 0 aliphatic heterocycles. The Morgan fingerprint density at radius 1 is 0.900 bits per heavy atom. The number of rotatable bonds is 6. The highest BCUT2D eigenvalue weighted by atomic mass is 16.6. The Balaban J connectivity index is 1.56. The van der Waals surface area contributed by atoms with Crippen molar-refractivity contribution in [2.75, 3.05) is 10.6 Å². The van der Waals surface area contributed by atoms with Crippen LogP contribution in [0, 0.1) is 17.0 Å². The molecule has 150 valence electrons. The summed E-state index contributed by atoms with van der Waals surface area (Å²) in [7, 11) is 0. The lowest BCUT2D eigenvalue weighted by Crippen LogP contribution is -2.12. The number of non-ortho nitro benzene ring substituents is 1. The molecule has 0 aliphatic carbocycles. The minimum atomic E-state index is -0.479. The fraction of sp³-hybridized carbons (Fsp3) is 0.0435. The molecule has 0 heterocycles. The van der Waals surface area contributed by atoms with Crippen LogP contribution in [0.25, 0.3) is 6.08 Å². The number of benzene rings is 3. The highest BCUT2D eigenvalue weighted by Crippen LogP contribution is 2.16. The van der Waals surface area contributed by atoms with Crippen molar-refractivity contribution >= 4 is 35.0 Å². The lowest BCUT2D eigenvalue weighted by molar-refractivity contribution is -0.384. The topological polar surface area (TPSA) is 101 Å². The van der Waals surface area contributed by atoms with E-state index in [-0.39, 0.29) is 17.5 Å². The van der Waals surface area contributed by atoms with Gasteiger partial charge in [0.2, 0.25) is 5.91 Å². The lowest BCUT2D eigenvalue weighted by Gasteiger charge is -2.07. The number of nitro groups is 1. The summed E-state index contributed by atoms with van der Waals surface area (Å²) in [6, 6.07) is 19.9. The number of nitrogens with one attached hydrogen (secondary N) is 2. The molecule has 2 N–H and O–H groups in total. The summed E-state index contributed by atoms with van der Waals surface area (Å²) in [6.45, 7) is 1.92. The first-order valence-corrected chi connectivity index (χ1v) is 9.12. The second-order valence-corrected chi connectivity index (χ2v) is 6.57. The molecule has 0 unspecified atom stereocenters. The van der Waals surface area contributed by atoms with Crippen LogP contribution in [0.3, 0.4) is 0 Å². The molecular formula is C23H19N3O4. The predicted octanol–water partition coefficient (Wildman–Crippen LogP) is 4.81. The molecule has 0 bridgehead atoms. The van der Waals surface area contributed by atoms with Crippen LogP contribution >= 0.6 is 0 Å². The normalized spacial score (nSPS) is 10.6. The maximum Gasteiger partial charge on any atom is 0.269 e. The van der Waals surface area contributed by atoms with E-state index < -0.39 is 4.92 Å². The van der Waals surface area contributed by atoms with E-state index >= 15 is 0 Å². The highest BCUT2D eigenvalue weighted by Gasteiger charge is 2.07. The molecule has 3 aromatic rings. The molecule has 7 heteroatoms. The van der Waals surface area contributed by atoms with E-state index in [1.807, 2.05) is 19.1 Å². The summed E-state index contributed by atoms with van der Waals surface area (Å²) in [4.78, 5) is 34.5. The van der Waals surface area contributed by atoms with Gasteiger partial charge in [-0.3, -0.25) is 19.7 Å². The number of aryl methyl sites for hydroxylation is 1. The minimum Gasteiger partial charge on any atom is -0.323 e. The standard InChI is InChI=1S/C23H19N3O4/c1-16-3-2-4-18(15-16)23(28)25-20-10-8-19(9-11-20)24-22(27)14-7-17-5-12-21(13-6-17)26(29)30/h2-15H,1H3,(H,24,27)(H,25,28)/b14-7+. The molecule has 0 aliphatic rings. The van der Waals surface area contributed by atoms with Crippen LogP contribution in [-0.2, 0) is 4.79 Å². The van der Waals surface area contributed by atoms with Gasteiger partial charge < -0.3 is 10.6 Å². The van der Waals surface area contributed by atoms with Crippen LogP contribution in [0.4, 0.5) is 17.1 Å². The van der Waals surface area contributed by atoms with E-state index in [0.717, 1.165) is 5.56 Å². The Labute approximate surface area is 173 Å². The van der Waals surface area contributed by atoms with Gasteiger partial charge in [-0.2, -0.15) is 0 Å². The van der Waals surface area contributed by atoms with Crippen molar-refractivity contribution in [2.24, 2.45) is 0 Å². The van der Waals surface area contributed by atoms with Crippen molar-refractivity contribution in [1.82, 2.24) is 0 Å². The van der Waals surface area contributed by atoms with Crippen LogP contribution < -0.4 is 10.6 Å². The van der Waals surface area contributed by atoms with Gasteiger partial charge >= 0.3 is 0 Å². The third kappa shape index (κ3) is 5.62. The third-order valence-corrected chi connectivity index (χ3v) is 4.22. The van der Waals surface area contributed by atoms with Gasteiger partial charge in [-0.05, 0) is 67.1 Å². The van der Waals surface area contributed by atoms with Crippen LogP contribution in [0.5, 0.6) is 0 Å². The molecule has 3 rings (SSSR count). The Bertz CT molecular complexity index is 1100. The maximum atomic E-state index is 12.3. The van der Waals surface area contributed by atoms with Gasteiger partial charge in [0.15, 0.2) is 0 Å². The van der Waals surface area contributed by atoms with Crippen molar-refractivity contribution in [1.29, 1.82) is 0 Å². The Morgan fingerprint density at radius 3 is 2.13 bits per heavy atom. The summed E-state index contributed by atoms with van der Waals surface area (Å²) < 4.78 is 0. The minimum absolute atomic E-state index is 0.00817. The van der Waals surface area contributed by atoms with Gasteiger partial charge in [-0.15, -0.1) is 0 Å². The van der Waals surface area contributed by atoms with Gasteiger partial charge in [0.1, 0.15) is 0 Å². The highest BCUT2D eigenvalue weighted by molar-refractivity contribution is 6.05. The number of anilines is 2. The van der Waals surface area contributed by atoms with E-state index in [1.165, 1.54) is 18.2 Å². The summed E-state index contributed by atoms with van der Waals surface area (Å²) in [6.07, 6.45) is 2.91. The molecule has 2 amide bonds. The molecule has 0 fully saturated rings. The Kier molecular flexibility index (Phi) is 6.34. The van der Waals surface area contributed by atoms with Gasteiger partial charge in [-0.25, -0.2) is 0 Å². The van der Waals surface area contributed by atoms with E-state index in [4.69, 9.17) is 0 Å². The first-order valence-electron chi connectivity index (χ1n) is 9.12. The zero-order valence-corrected chi connectivity index (χ0v) is 16.2. The zero-order valence-electron chi connectivity index (χ0n) is 16.2. The summed E-state index contributed by atoms with van der Waals surface area (Å²) >= 11 is 0. The summed E-state index contributed by atoms with van der Waals surface area (Å²) in [5.41, 5.74) is 3.42. The van der Waals surface area contributed by atoms with E-state index in [9.17, 15) is 19.7 Å². The van der Waals surface area contributed by atoms with E-state index in [1.54, 1.807) is 54.6 Å². The molecule has 0 saturated heterocycles. The van der Waals surface area contributed by atoms with Crippen molar-refractivity contribution in [2.45, 2.75) is 6.92 Å². The van der Waals surface area contributed by atoms with Crippen LogP contribution in [0.2, 0.25) is 0 Å². The first-order chi connectivity index (χ1) is 14.4. The molecule has 30 heavy (non-hydrogen) atoms. The van der Waals surface area contributed by atoms with Gasteiger partial charge in [0.05, 0.1) is 4.92 Å². The molecule has 3 aromatic carbocycles. The van der Waals surface area contributed by atoms with Crippen molar-refractivity contribution in [3.63, 3.8) is 0 Å². The third-order valence-electron chi connectivity index (χ3n) is 4.22. The maximum absolute atomic E-state index is 12.3. The molecule has 0 saturated carbocycles. The van der Waals surface area contributed by atoms with Crippen molar-refractivity contribution in [3.8, 4) is 0 Å². The molecule has 0 radical (unpaired) electrons. The quantitative estimate of drug-likeness (QED) is 0.352. The molecular weight excluding hydrogens is 382 g/mol. The van der Waals surface area contributed by atoms with E-state index in [2.05, 4.69) is 10.6 Å². The second-order valence-electron chi connectivity index (χ2n) is 6.57. The Hall–Kier alpha value is -4.26. The SMILES string of the molecule is Cc1cccc(C(=O)Nc2ccc(NC(=O)/C=C/c3ccc([N+](=O)[O-])cc3)cc2)c1. The number of amides is 2. The number of nitro benzene ring substituents is 1. The Morgan fingerprint density at radius 2 is 1.53 bits per heavy atom. The fourth-order valence-electron chi connectivity index (χ4n) is 2.69. The largest absolute Gasteiger partial charge is 0.323 e. The molecule has 7 nitrogen and oxygen atoms in total. The smallest absolute Gasteiger partial charge is 0.269 e. The van der Waals surface area contributed by atoms with Gasteiger partial charge in [-0.1, -0.05) is 17.7 Å². The van der Waals surface area contributed by atoms with Crippen molar-refractivity contribution < 1.29 is 14.5 Å². The predicted molar refractivity (Wildman–Crippen MR) is 116 cm³/mol. The number of carbonyl (C=O) groups is 2. The average molecular weight is 401 g/mol. The molecule has 0 aromatic heterocycles. The number of hydrogen-bond acceptors (Lipinski definition) is 4. The number of carbonyl (C=O) groups excluding carboxylic acids is 2. The van der Waals surface area contributed by atoms with Crippen LogP contribution in [0.15, 0.2) is 78.9 Å². The average Bonchev–Trinajstić information content (AvgIpc) is 2.74. The number of nitrogens with zero attached hydrogens (tertiary/aromatic N) is 1. The number of hydrogen-bond donors (Lipinski definition) is 2. The van der Waals surface area contributed by atoms with Crippen LogP contribution in [-0.4, -0.2) is 16.7 Å².